The summed E-state index contributed by atoms with van der Waals surface area (Å²) in [5, 5.41) is 48.7. The molecule has 472 valence electrons. The Morgan fingerprint density at radius 2 is 1.58 bits per heavy atom. The minimum Gasteiger partial charge on any atom is -0.480 e. The number of aromatic nitrogens is 1. The quantitative estimate of drug-likeness (QED) is 0.0378. The van der Waals surface area contributed by atoms with Crippen LogP contribution in [0, 0.1) is 51.8 Å². The number of rotatable bonds is 26. The van der Waals surface area contributed by atoms with E-state index in [0.717, 1.165) is 51.4 Å². The average molecular weight is 1230 g/mol. The lowest BCUT2D eigenvalue weighted by atomic mass is 9.43. The molecule has 4 amide bonds. The Morgan fingerprint density at radius 1 is 0.837 bits per heavy atom. The number of hydrogen-bond acceptors (Lipinski definition) is 15. The number of carbonyl (C=O) groups excluding carboxylic acids is 6. The van der Waals surface area contributed by atoms with Gasteiger partial charge in [0.2, 0.25) is 17.7 Å². The van der Waals surface area contributed by atoms with E-state index in [9.17, 15) is 58.8 Å². The highest BCUT2D eigenvalue weighted by molar-refractivity contribution is 8.15. The number of benzene rings is 1. The first-order chi connectivity index (χ1) is 40.6. The molecule has 1 aromatic carbocycles. The first-order valence-electron chi connectivity index (χ1n) is 31.3. The minimum atomic E-state index is -1.10. The number of carboxylic acid groups (broad SMARTS) is 2. The fourth-order valence-corrected chi connectivity index (χ4v) is 17.9. The summed E-state index contributed by atoms with van der Waals surface area (Å²) in [6.07, 6.45) is 10.5. The van der Waals surface area contributed by atoms with Crippen LogP contribution in [-0.4, -0.2) is 151 Å². The van der Waals surface area contributed by atoms with Crippen molar-refractivity contribution in [1.29, 1.82) is 0 Å². The molecule has 0 radical (unpaired) electrons. The van der Waals surface area contributed by atoms with Crippen molar-refractivity contribution >= 4 is 85.7 Å². The molecule has 5 aliphatic carbocycles. The van der Waals surface area contributed by atoms with E-state index in [1.54, 1.807) is 59.9 Å². The molecule has 12 atom stereocenters. The third-order valence-electron chi connectivity index (χ3n) is 21.1. The van der Waals surface area contributed by atoms with Gasteiger partial charge in [-0.3, -0.25) is 29.0 Å². The number of ketones is 2. The Morgan fingerprint density at radius 3 is 2.30 bits per heavy atom. The zero-order chi connectivity index (χ0) is 62.6. The number of hydrogen-bond donors (Lipinski definition) is 6. The summed E-state index contributed by atoms with van der Waals surface area (Å²) >= 11 is 2.63. The lowest BCUT2D eigenvalue weighted by Crippen LogP contribution is -2.58. The van der Waals surface area contributed by atoms with Crippen LogP contribution < -0.4 is 15.4 Å². The molecule has 2 heterocycles. The number of thioether (sulfide) groups is 1. The smallest absolute Gasteiger partial charge is 0.415 e. The summed E-state index contributed by atoms with van der Waals surface area (Å²) in [4.78, 5) is 116. The van der Waals surface area contributed by atoms with E-state index in [2.05, 4.69) is 41.4 Å². The van der Waals surface area contributed by atoms with Gasteiger partial charge in [0.1, 0.15) is 21.8 Å². The summed E-state index contributed by atoms with van der Waals surface area (Å²) in [5.41, 5.74) is 1.02. The Labute approximate surface area is 514 Å². The van der Waals surface area contributed by atoms with Crippen LogP contribution in [0.25, 0.3) is 10.2 Å². The first-order valence-corrected chi connectivity index (χ1v) is 33.1. The molecular weight excluding hydrogens is 1140 g/mol. The number of ether oxygens (including phenoxy) is 1. The number of amides is 4. The number of allylic oxidation sites excluding steroid dienone is 4. The zero-order valence-corrected chi connectivity index (χ0v) is 53.5. The number of aliphatic carboxylic acids is 2. The van der Waals surface area contributed by atoms with Crippen molar-refractivity contribution in [3.63, 3.8) is 0 Å². The van der Waals surface area contributed by atoms with Crippen LogP contribution in [-0.2, 0) is 33.6 Å². The van der Waals surface area contributed by atoms with Crippen molar-refractivity contribution in [3.8, 4) is 5.75 Å². The van der Waals surface area contributed by atoms with Crippen LogP contribution in [0.3, 0.4) is 0 Å². The molecule has 4 fully saturated rings. The lowest BCUT2D eigenvalue weighted by molar-refractivity contribution is -0.175. The maximum atomic E-state index is 13.9. The number of nitrogens with one attached hydrogen (secondary N) is 2. The van der Waals surface area contributed by atoms with Crippen LogP contribution in [0.15, 0.2) is 45.5 Å². The number of nitrogens with zero attached hydrogens (tertiary/aromatic N) is 4. The van der Waals surface area contributed by atoms with Gasteiger partial charge in [0.15, 0.2) is 17.6 Å². The molecule has 21 heteroatoms. The van der Waals surface area contributed by atoms with Crippen LogP contribution in [0.4, 0.5) is 4.79 Å². The molecule has 0 spiro atoms. The normalized spacial score (nSPS) is 28.1. The first kappa shape index (κ1) is 66.4. The number of aliphatic imine (C=N–C) groups is 1. The SMILES string of the molecule is CC1=C(C)C(=O)C(C(C)(C)CC(=O)N(C)CCN(CCCCCC(=O)NCCCCC(NC(=O)CC[C@@H](C)[C@H]2CC[C@H]3[C@@H]4CC[C@@H]5C[C@H](O)CC[C@]5(C)[C@H]4C[C@H](O)[C@]23C)C(=O)O)C(=O)Oc2ccc3nc(C4=NC(C(=O)O)CS4)sc3c2)=C(C)C1=O. The van der Waals surface area contributed by atoms with E-state index in [4.69, 9.17) is 4.74 Å². The van der Waals surface area contributed by atoms with Gasteiger partial charge in [-0.1, -0.05) is 41.0 Å². The maximum Gasteiger partial charge on any atom is 0.415 e. The third kappa shape index (κ3) is 14.6. The van der Waals surface area contributed by atoms with Crippen molar-refractivity contribution in [2.75, 3.05) is 39.0 Å². The summed E-state index contributed by atoms with van der Waals surface area (Å²) in [7, 11) is 1.62. The second-order valence-electron chi connectivity index (χ2n) is 26.9. The summed E-state index contributed by atoms with van der Waals surface area (Å²) in [6.45, 7) is 16.1. The molecule has 19 nitrogen and oxygen atoms in total. The van der Waals surface area contributed by atoms with Gasteiger partial charge in [-0.2, -0.15) is 0 Å². The highest BCUT2D eigenvalue weighted by Crippen LogP contribution is 2.68. The zero-order valence-electron chi connectivity index (χ0n) is 51.8. The van der Waals surface area contributed by atoms with E-state index < -0.39 is 41.6 Å². The van der Waals surface area contributed by atoms with Crippen LogP contribution >= 0.6 is 23.1 Å². The molecule has 1 aliphatic heterocycles. The number of likely N-dealkylation sites (N-methyl/N-ethyl adjacent to an activating group) is 1. The molecule has 6 N–H and O–H groups in total. The van der Waals surface area contributed by atoms with E-state index in [1.165, 1.54) is 32.9 Å². The number of thiazole rings is 1. The average Bonchev–Trinajstić information content (AvgIpc) is 1.35. The second-order valence-corrected chi connectivity index (χ2v) is 28.9. The molecule has 0 bridgehead atoms. The lowest BCUT2D eigenvalue weighted by Gasteiger charge is -2.62. The van der Waals surface area contributed by atoms with Crippen molar-refractivity contribution in [2.45, 2.75) is 195 Å². The largest absolute Gasteiger partial charge is 0.480 e. The summed E-state index contributed by atoms with van der Waals surface area (Å²) in [5.74, 6) is -0.302. The Balaban J connectivity index is 0.769. The predicted octanol–water partition coefficient (Wildman–Crippen LogP) is 9.55. The van der Waals surface area contributed by atoms with Crippen molar-refractivity contribution in [2.24, 2.45) is 56.7 Å². The van der Waals surface area contributed by atoms with E-state index in [1.807, 2.05) is 0 Å². The van der Waals surface area contributed by atoms with Crippen LogP contribution in [0.5, 0.6) is 5.75 Å². The topological polar surface area (TPSA) is 282 Å². The highest BCUT2D eigenvalue weighted by atomic mass is 32.2. The van der Waals surface area contributed by atoms with E-state index in [-0.39, 0.29) is 109 Å². The highest BCUT2D eigenvalue weighted by Gasteiger charge is 2.64. The fraction of sp³-hybridized carbons (Fsp3) is 0.692. The van der Waals surface area contributed by atoms with Gasteiger partial charge in [0.05, 0.1) is 22.4 Å². The second kappa shape index (κ2) is 27.9. The summed E-state index contributed by atoms with van der Waals surface area (Å²) < 4.78 is 6.61. The number of aliphatic hydroxyl groups is 2. The molecule has 2 unspecified atom stereocenters. The minimum absolute atomic E-state index is 0.0577. The maximum absolute atomic E-state index is 13.9. The molecule has 8 rings (SSSR count). The predicted molar refractivity (Wildman–Crippen MR) is 331 cm³/mol. The standard InChI is InChI=1S/C65H92N6O13S2/c1-36(44-21-22-45-43-20-18-40-31-41(72)25-26-64(40,7)46(43)33-51(73)65(44,45)8)17-24-53(75)67-48(60(79)80)15-12-13-27-66-52(74)16-11-10-14-28-71(30-29-70(9)54(76)34-63(5,6)55-39(4)56(77)37(2)38(3)57(55)78)62(83)84-42-19-23-47-50(32-42)86-59(68-47)58-69-49(35-85-58)61(81)82/h19,23,32,36,40-41,43-46,48-49,51,72-73H,10-18,20-22,24-31,33-35H2,1-9H3,(H,66,74)(H,67,75)(H,79,80)(H,81,82)/t36-,40-,41-,43+,44-,45+,46+,48?,49?,51+,64+,65-/m1/s1. The van der Waals surface area contributed by atoms with Crippen molar-refractivity contribution in [3.05, 3.63) is 45.5 Å². The van der Waals surface area contributed by atoms with Crippen LogP contribution in [0.2, 0.25) is 0 Å². The van der Waals surface area contributed by atoms with Gasteiger partial charge >= 0.3 is 18.0 Å². The van der Waals surface area contributed by atoms with Crippen LogP contribution in [0.1, 0.15) is 176 Å². The molecule has 6 aliphatic rings. The molecule has 1 aromatic heterocycles. The van der Waals surface area contributed by atoms with Crippen molar-refractivity contribution in [1.82, 2.24) is 25.4 Å². The van der Waals surface area contributed by atoms with Crippen molar-refractivity contribution < 1.29 is 63.5 Å². The summed E-state index contributed by atoms with van der Waals surface area (Å²) in [6, 6.07) is 3.13. The van der Waals surface area contributed by atoms with Gasteiger partial charge in [-0.05, 0) is 169 Å². The number of Topliss-reactive ketones (excluding diaryl/α,β-unsaturated/α-hetero) is 2. The monoisotopic (exact) mass is 1230 g/mol. The Bertz CT molecular complexity index is 3030. The molecule has 4 saturated carbocycles. The van der Waals surface area contributed by atoms with Gasteiger partial charge in [0.25, 0.3) is 0 Å². The van der Waals surface area contributed by atoms with E-state index in [0.29, 0.717) is 117 Å². The number of carboxylic acids is 2. The molecule has 0 saturated heterocycles. The number of fused-ring (bicyclic) bond motifs is 6. The Kier molecular flexibility index (Phi) is 21.6. The Hall–Kier alpha value is -5.51. The fourth-order valence-electron chi connectivity index (χ4n) is 15.8. The molecule has 86 heavy (non-hydrogen) atoms. The van der Waals surface area contributed by atoms with Gasteiger partial charge in [-0.15, -0.1) is 23.1 Å². The van der Waals surface area contributed by atoms with Gasteiger partial charge < -0.3 is 45.6 Å². The molecule has 2 aromatic rings. The van der Waals surface area contributed by atoms with E-state index >= 15 is 0 Å². The third-order valence-corrected chi connectivity index (χ3v) is 23.3. The molecular formula is C65H92N6O13S2. The number of unbranched alkanes of at least 4 members (excludes halogenated alkanes) is 3. The number of carbonyl (C=O) groups is 8. The number of aliphatic hydroxyl groups excluding tert-OH is 2. The van der Waals surface area contributed by atoms with Gasteiger partial charge in [0, 0.05) is 92.0 Å². The van der Waals surface area contributed by atoms with Gasteiger partial charge in [-0.25, -0.2) is 19.4 Å².